The molecule has 0 radical (unpaired) electrons. The first kappa shape index (κ1) is 19.5. The fourth-order valence-corrected chi connectivity index (χ4v) is 3.10. The van der Waals surface area contributed by atoms with Crippen LogP contribution in [0.1, 0.15) is 38.9 Å². The monoisotopic (exact) mass is 394 g/mol. The molecule has 1 heterocycles. The Bertz CT molecular complexity index is 1030. The smallest absolute Gasteiger partial charge is 0.276 e. The molecule has 3 rings (SSSR count). The number of hydrogen-bond acceptors (Lipinski definition) is 5. The average Bonchev–Trinajstić information content (AvgIpc) is 2.65. The summed E-state index contributed by atoms with van der Waals surface area (Å²) in [5.41, 5.74) is 3.92. The number of Topliss-reactive ketones (excluding diaryl/α,β-unsaturated/α-hetero) is 1. The second kappa shape index (κ2) is 8.19. The van der Waals surface area contributed by atoms with Gasteiger partial charge in [0.1, 0.15) is 0 Å². The molecule has 2 N–H and O–H groups in total. The van der Waals surface area contributed by atoms with E-state index in [2.05, 4.69) is 20.8 Å². The van der Waals surface area contributed by atoms with E-state index in [9.17, 15) is 9.59 Å². The van der Waals surface area contributed by atoms with Gasteiger partial charge in [-0.25, -0.2) is 0 Å². The van der Waals surface area contributed by atoms with Gasteiger partial charge in [0.15, 0.2) is 17.3 Å². The standard InChI is InChI=1S/C21H19ClN4O2/c1-12-9-13(2)20(17(22)10-12)24-21(28)18-7-8-19(26-25-18)23-16-6-4-5-15(11-16)14(3)27/h4-11H,1-3H3,(H,23,26)(H,24,28). The van der Waals surface area contributed by atoms with Gasteiger partial charge < -0.3 is 10.6 Å². The Morgan fingerprint density at radius 2 is 1.79 bits per heavy atom. The first-order chi connectivity index (χ1) is 13.3. The average molecular weight is 395 g/mol. The first-order valence-corrected chi connectivity index (χ1v) is 9.01. The number of ketones is 1. The molecule has 2 aromatic carbocycles. The molecule has 0 saturated heterocycles. The minimum absolute atomic E-state index is 0.0215. The van der Waals surface area contributed by atoms with Gasteiger partial charge in [-0.15, -0.1) is 10.2 Å². The second-order valence-electron chi connectivity index (χ2n) is 6.46. The van der Waals surface area contributed by atoms with E-state index >= 15 is 0 Å². The van der Waals surface area contributed by atoms with Gasteiger partial charge >= 0.3 is 0 Å². The van der Waals surface area contributed by atoms with E-state index in [-0.39, 0.29) is 11.5 Å². The number of nitrogens with one attached hydrogen (secondary N) is 2. The Labute approximate surface area is 168 Å². The van der Waals surface area contributed by atoms with Crippen LogP contribution in [0, 0.1) is 13.8 Å². The summed E-state index contributed by atoms with van der Waals surface area (Å²) < 4.78 is 0. The predicted octanol–water partition coefficient (Wildman–Crippen LogP) is 4.95. The minimum Gasteiger partial charge on any atom is -0.339 e. The number of rotatable bonds is 5. The zero-order chi connectivity index (χ0) is 20.3. The van der Waals surface area contributed by atoms with Gasteiger partial charge in [-0.05, 0) is 62.2 Å². The fourth-order valence-electron chi connectivity index (χ4n) is 2.74. The third-order valence-electron chi connectivity index (χ3n) is 4.11. The van der Waals surface area contributed by atoms with Crippen molar-refractivity contribution in [2.24, 2.45) is 0 Å². The maximum Gasteiger partial charge on any atom is 0.276 e. The van der Waals surface area contributed by atoms with Gasteiger partial charge in [0.25, 0.3) is 5.91 Å². The van der Waals surface area contributed by atoms with Crippen molar-refractivity contribution in [1.82, 2.24) is 10.2 Å². The third kappa shape index (κ3) is 4.53. The molecule has 0 aliphatic heterocycles. The van der Waals surface area contributed by atoms with E-state index in [0.29, 0.717) is 27.8 Å². The number of aryl methyl sites for hydroxylation is 2. The number of amides is 1. The van der Waals surface area contributed by atoms with Crippen molar-refractivity contribution in [2.45, 2.75) is 20.8 Å². The predicted molar refractivity (Wildman–Crippen MR) is 111 cm³/mol. The molecule has 7 heteroatoms. The maximum atomic E-state index is 12.5. The molecule has 0 saturated carbocycles. The van der Waals surface area contributed by atoms with Crippen LogP contribution in [0.2, 0.25) is 5.02 Å². The number of hydrogen-bond donors (Lipinski definition) is 2. The summed E-state index contributed by atoms with van der Waals surface area (Å²) in [5, 5.41) is 14.3. The van der Waals surface area contributed by atoms with Gasteiger partial charge in [-0.2, -0.15) is 0 Å². The van der Waals surface area contributed by atoms with Crippen LogP contribution >= 0.6 is 11.6 Å². The lowest BCUT2D eigenvalue weighted by molar-refractivity contribution is 0.101. The zero-order valence-electron chi connectivity index (χ0n) is 15.7. The Morgan fingerprint density at radius 3 is 2.43 bits per heavy atom. The van der Waals surface area contributed by atoms with Crippen molar-refractivity contribution >= 4 is 40.5 Å². The summed E-state index contributed by atoms with van der Waals surface area (Å²) in [4.78, 5) is 23.9. The molecule has 1 aromatic heterocycles. The molecule has 0 fully saturated rings. The van der Waals surface area contributed by atoms with Crippen LogP contribution in [-0.2, 0) is 0 Å². The van der Waals surface area contributed by atoms with Crippen molar-refractivity contribution in [2.75, 3.05) is 10.6 Å². The largest absolute Gasteiger partial charge is 0.339 e. The van der Waals surface area contributed by atoms with Crippen molar-refractivity contribution in [3.8, 4) is 0 Å². The highest BCUT2D eigenvalue weighted by Crippen LogP contribution is 2.27. The van der Waals surface area contributed by atoms with Gasteiger partial charge in [0.05, 0.1) is 10.7 Å². The van der Waals surface area contributed by atoms with Crippen LogP contribution in [0.4, 0.5) is 17.2 Å². The maximum absolute atomic E-state index is 12.5. The summed E-state index contributed by atoms with van der Waals surface area (Å²) in [6.45, 7) is 5.32. The van der Waals surface area contributed by atoms with E-state index in [0.717, 1.165) is 11.1 Å². The number of aromatic nitrogens is 2. The van der Waals surface area contributed by atoms with Crippen LogP contribution in [-0.4, -0.2) is 21.9 Å². The molecule has 6 nitrogen and oxygen atoms in total. The highest BCUT2D eigenvalue weighted by molar-refractivity contribution is 6.34. The van der Waals surface area contributed by atoms with Crippen molar-refractivity contribution < 1.29 is 9.59 Å². The van der Waals surface area contributed by atoms with Crippen molar-refractivity contribution in [1.29, 1.82) is 0 Å². The van der Waals surface area contributed by atoms with Gasteiger partial charge in [0, 0.05) is 11.3 Å². The lowest BCUT2D eigenvalue weighted by atomic mass is 10.1. The molecule has 0 bridgehead atoms. The fraction of sp³-hybridized carbons (Fsp3) is 0.143. The lowest BCUT2D eigenvalue weighted by Gasteiger charge is -2.11. The number of carbonyl (C=O) groups excluding carboxylic acids is 2. The number of anilines is 3. The first-order valence-electron chi connectivity index (χ1n) is 8.63. The lowest BCUT2D eigenvalue weighted by Crippen LogP contribution is -2.15. The highest BCUT2D eigenvalue weighted by Gasteiger charge is 2.13. The molecule has 3 aromatic rings. The molecular weight excluding hydrogens is 376 g/mol. The Morgan fingerprint density at radius 1 is 1.00 bits per heavy atom. The summed E-state index contributed by atoms with van der Waals surface area (Å²) in [6, 6.07) is 14.0. The molecule has 0 aliphatic rings. The van der Waals surface area contributed by atoms with E-state index in [1.807, 2.05) is 26.0 Å². The highest BCUT2D eigenvalue weighted by atomic mass is 35.5. The van der Waals surface area contributed by atoms with Gasteiger partial charge in [0.2, 0.25) is 0 Å². The number of nitrogens with zero attached hydrogens (tertiary/aromatic N) is 2. The van der Waals surface area contributed by atoms with Crippen LogP contribution < -0.4 is 10.6 Å². The summed E-state index contributed by atoms with van der Waals surface area (Å²) >= 11 is 6.23. The van der Waals surface area contributed by atoms with Crippen molar-refractivity contribution in [3.63, 3.8) is 0 Å². The summed E-state index contributed by atoms with van der Waals surface area (Å²) in [5.74, 6) is 0.0418. The molecule has 0 spiro atoms. The Kier molecular flexibility index (Phi) is 5.70. The van der Waals surface area contributed by atoms with E-state index < -0.39 is 5.91 Å². The van der Waals surface area contributed by atoms with E-state index in [4.69, 9.17) is 11.6 Å². The molecular formula is C21H19ClN4O2. The molecule has 28 heavy (non-hydrogen) atoms. The molecule has 1 amide bonds. The number of halogens is 1. The van der Waals surface area contributed by atoms with Crippen molar-refractivity contribution in [3.05, 3.63) is 75.9 Å². The molecule has 0 aliphatic carbocycles. The Balaban J connectivity index is 1.73. The molecule has 0 atom stereocenters. The second-order valence-corrected chi connectivity index (χ2v) is 6.87. The summed E-state index contributed by atoms with van der Waals surface area (Å²) in [6.07, 6.45) is 0. The van der Waals surface area contributed by atoms with Gasteiger partial charge in [-0.3, -0.25) is 9.59 Å². The summed E-state index contributed by atoms with van der Waals surface area (Å²) in [7, 11) is 0. The third-order valence-corrected chi connectivity index (χ3v) is 4.41. The SMILES string of the molecule is CC(=O)c1cccc(Nc2ccc(C(=O)Nc3c(C)cc(C)cc3Cl)nn2)c1. The van der Waals surface area contributed by atoms with E-state index in [1.165, 1.54) is 6.92 Å². The van der Waals surface area contributed by atoms with Crippen LogP contribution in [0.15, 0.2) is 48.5 Å². The topological polar surface area (TPSA) is 84.0 Å². The van der Waals surface area contributed by atoms with E-state index in [1.54, 1.807) is 36.4 Å². The van der Waals surface area contributed by atoms with Gasteiger partial charge in [-0.1, -0.05) is 29.8 Å². The zero-order valence-corrected chi connectivity index (χ0v) is 16.5. The quantitative estimate of drug-likeness (QED) is 0.598. The molecule has 0 unspecified atom stereocenters. The number of carbonyl (C=O) groups is 2. The number of benzene rings is 2. The van der Waals surface area contributed by atoms with Crippen LogP contribution in [0.25, 0.3) is 0 Å². The van der Waals surface area contributed by atoms with Crippen LogP contribution in [0.5, 0.6) is 0 Å². The normalized spacial score (nSPS) is 10.4. The molecule has 142 valence electrons. The van der Waals surface area contributed by atoms with Crippen LogP contribution in [0.3, 0.4) is 0 Å². The Hall–Kier alpha value is -3.25. The minimum atomic E-state index is -0.397.